The number of fused-ring (bicyclic) bond motifs is 2. The Balaban J connectivity index is 1.19. The molecule has 1 aliphatic heterocycles. The monoisotopic (exact) mass is 562 g/mol. The summed E-state index contributed by atoms with van der Waals surface area (Å²) in [6, 6.07) is 14.1. The minimum absolute atomic E-state index is 0.202. The van der Waals surface area contributed by atoms with Gasteiger partial charge in [-0.3, -0.25) is 0 Å². The maximum atomic E-state index is 11.6. The molecule has 0 amide bonds. The molecule has 2 aliphatic carbocycles. The number of rotatable bonds is 7. The summed E-state index contributed by atoms with van der Waals surface area (Å²) in [6.45, 7) is 0.202. The molecule has 4 aromatic rings. The van der Waals surface area contributed by atoms with E-state index < -0.39 is 5.97 Å². The van der Waals surface area contributed by atoms with E-state index in [-0.39, 0.29) is 18.1 Å². The van der Waals surface area contributed by atoms with E-state index in [9.17, 15) is 9.90 Å². The molecule has 0 unspecified atom stereocenters. The van der Waals surface area contributed by atoms with E-state index in [1.165, 1.54) is 0 Å². The minimum atomic E-state index is -0.979. The van der Waals surface area contributed by atoms with Crippen molar-refractivity contribution in [3.8, 4) is 28.6 Å². The number of ether oxygens (including phenoxy) is 2. The highest BCUT2D eigenvalue weighted by atomic mass is 35.5. The Bertz CT molecular complexity index is 1590. The molecule has 1 N–H and O–H groups in total. The van der Waals surface area contributed by atoms with Gasteiger partial charge in [-0.1, -0.05) is 40.5 Å². The average molecular weight is 563 g/mol. The molecule has 0 spiro atoms. The second-order valence-corrected chi connectivity index (χ2v) is 11.3. The van der Waals surface area contributed by atoms with E-state index in [0.29, 0.717) is 56.9 Å². The molecular formula is C30H24Cl2N2O5. The Kier molecular flexibility index (Phi) is 6.01. The zero-order valence-corrected chi connectivity index (χ0v) is 22.3. The lowest BCUT2D eigenvalue weighted by Gasteiger charge is -2.16. The summed E-state index contributed by atoms with van der Waals surface area (Å²) in [7, 11) is 0. The van der Waals surface area contributed by atoms with Gasteiger partial charge >= 0.3 is 5.97 Å². The molecule has 2 fully saturated rings. The van der Waals surface area contributed by atoms with Crippen LogP contribution < -0.4 is 9.47 Å². The summed E-state index contributed by atoms with van der Waals surface area (Å²) in [5.74, 6) is 2.53. The van der Waals surface area contributed by atoms with Gasteiger partial charge in [-0.05, 0) is 73.4 Å². The lowest BCUT2D eigenvalue weighted by molar-refractivity contribution is 0.0696. The fourth-order valence-corrected chi connectivity index (χ4v) is 5.98. The number of carbonyl (C=O) groups is 1. The van der Waals surface area contributed by atoms with Crippen LogP contribution in [-0.4, -0.2) is 21.2 Å². The lowest BCUT2D eigenvalue weighted by atomic mass is 9.89. The van der Waals surface area contributed by atoms with Gasteiger partial charge < -0.3 is 19.1 Å². The average Bonchev–Trinajstić information content (AvgIpc) is 3.84. The predicted molar refractivity (Wildman–Crippen MR) is 145 cm³/mol. The van der Waals surface area contributed by atoms with E-state index in [0.717, 1.165) is 48.3 Å². The first-order valence-corrected chi connectivity index (χ1v) is 13.8. The van der Waals surface area contributed by atoms with E-state index in [1.54, 1.807) is 36.4 Å². The second kappa shape index (κ2) is 9.57. The topological polar surface area (TPSA) is 94.7 Å². The van der Waals surface area contributed by atoms with Crippen molar-refractivity contribution < 1.29 is 23.9 Å². The molecule has 3 aliphatic rings. The predicted octanol–water partition coefficient (Wildman–Crippen LogP) is 8.04. The lowest BCUT2D eigenvalue weighted by Crippen LogP contribution is -2.07. The number of carboxylic acids is 1. The molecule has 7 rings (SSSR count). The van der Waals surface area contributed by atoms with Crippen LogP contribution in [-0.2, 0) is 13.0 Å². The maximum absolute atomic E-state index is 11.6. The third-order valence-electron chi connectivity index (χ3n) is 7.72. The summed E-state index contributed by atoms with van der Waals surface area (Å²) in [6.07, 6.45) is 5.05. The first-order valence-electron chi connectivity index (χ1n) is 13.1. The zero-order chi connectivity index (χ0) is 26.7. The second-order valence-electron chi connectivity index (χ2n) is 10.4. The summed E-state index contributed by atoms with van der Waals surface area (Å²) in [5, 5.41) is 14.8. The van der Waals surface area contributed by atoms with Crippen LogP contribution in [0, 0.1) is 5.92 Å². The molecule has 2 aromatic carbocycles. The normalized spacial score (nSPS) is 18.1. The van der Waals surface area contributed by atoms with E-state index in [2.05, 4.69) is 5.16 Å². The van der Waals surface area contributed by atoms with Gasteiger partial charge in [0, 0.05) is 24.0 Å². The van der Waals surface area contributed by atoms with Gasteiger partial charge in [0.25, 0.3) is 0 Å². The van der Waals surface area contributed by atoms with Crippen molar-refractivity contribution in [2.75, 3.05) is 0 Å². The van der Waals surface area contributed by atoms with Gasteiger partial charge in [-0.15, -0.1) is 0 Å². The molecule has 0 radical (unpaired) electrons. The highest BCUT2D eigenvalue weighted by Gasteiger charge is 2.37. The van der Waals surface area contributed by atoms with Gasteiger partial charge in [0.05, 0.1) is 26.9 Å². The van der Waals surface area contributed by atoms with Crippen molar-refractivity contribution in [1.82, 2.24) is 10.1 Å². The van der Waals surface area contributed by atoms with Crippen molar-refractivity contribution in [3.63, 3.8) is 0 Å². The molecule has 7 nitrogen and oxygen atoms in total. The van der Waals surface area contributed by atoms with Crippen LogP contribution in [0.15, 0.2) is 53.1 Å². The number of carboxylic acid groups (broad SMARTS) is 1. The number of hydrogen-bond acceptors (Lipinski definition) is 6. The molecule has 3 heterocycles. The molecule has 0 bridgehead atoms. The largest absolute Gasteiger partial charge is 0.478 e. The number of pyridine rings is 1. The third-order valence-corrected chi connectivity index (χ3v) is 8.35. The van der Waals surface area contributed by atoms with Crippen LogP contribution >= 0.6 is 23.2 Å². The first-order chi connectivity index (χ1) is 19.0. The Morgan fingerprint density at radius 3 is 2.54 bits per heavy atom. The van der Waals surface area contributed by atoms with Crippen LogP contribution in [0.2, 0.25) is 10.0 Å². The van der Waals surface area contributed by atoms with Crippen LogP contribution in [0.3, 0.4) is 0 Å². The Morgan fingerprint density at radius 1 is 1.03 bits per heavy atom. The van der Waals surface area contributed by atoms with Crippen LogP contribution in [0.5, 0.6) is 17.4 Å². The Labute approximate surface area is 234 Å². The smallest absolute Gasteiger partial charge is 0.335 e. The molecule has 2 saturated carbocycles. The SMILES string of the molecule is O=C(O)c1ccc2c(c1)Oc1ccc(OCc3c(-c4c(Cl)cccc4Cl)noc3C3CC3)nc1C[C@H]2C1CC1. The van der Waals surface area contributed by atoms with Gasteiger partial charge in [0.2, 0.25) is 5.88 Å². The van der Waals surface area contributed by atoms with Crippen molar-refractivity contribution >= 4 is 29.2 Å². The molecule has 2 aromatic heterocycles. The van der Waals surface area contributed by atoms with Gasteiger partial charge in [-0.2, -0.15) is 0 Å². The Morgan fingerprint density at radius 2 is 1.82 bits per heavy atom. The van der Waals surface area contributed by atoms with E-state index >= 15 is 0 Å². The number of hydrogen-bond donors (Lipinski definition) is 1. The van der Waals surface area contributed by atoms with Crippen LogP contribution in [0.25, 0.3) is 11.3 Å². The quantitative estimate of drug-likeness (QED) is 0.243. The third kappa shape index (κ3) is 4.64. The van der Waals surface area contributed by atoms with Gasteiger partial charge in [0.15, 0.2) is 0 Å². The minimum Gasteiger partial charge on any atom is -0.478 e. The van der Waals surface area contributed by atoms with Crippen LogP contribution in [0.4, 0.5) is 0 Å². The number of aromatic nitrogens is 2. The molecule has 39 heavy (non-hydrogen) atoms. The van der Waals surface area contributed by atoms with E-state index in [1.807, 2.05) is 12.1 Å². The molecule has 1 atom stereocenters. The van der Waals surface area contributed by atoms with Crippen molar-refractivity contribution in [2.45, 2.75) is 50.5 Å². The van der Waals surface area contributed by atoms with Gasteiger partial charge in [-0.25, -0.2) is 9.78 Å². The first kappa shape index (κ1) is 24.5. The summed E-state index contributed by atoms with van der Waals surface area (Å²) < 4.78 is 18.2. The summed E-state index contributed by atoms with van der Waals surface area (Å²) >= 11 is 13.0. The van der Waals surface area contributed by atoms with Gasteiger partial charge in [0.1, 0.15) is 29.6 Å². The standard InChI is InChI=1S/C30H24Cl2N2O5/c31-21-2-1-3-22(32)27(21)28-20(29(39-34-28)16-6-7-16)14-37-26-11-10-24-23(33-26)13-19(15-4-5-15)18-9-8-17(30(35)36)12-25(18)38-24/h1-3,8-12,15-16,19H,4-7,13-14H2,(H,35,36)/t19-/m0/s1. The summed E-state index contributed by atoms with van der Waals surface area (Å²) in [4.78, 5) is 16.4. The fraction of sp³-hybridized carbons (Fsp3) is 0.300. The van der Waals surface area contributed by atoms with E-state index in [4.69, 9.17) is 42.2 Å². The number of nitrogens with zero attached hydrogens (tertiary/aromatic N) is 2. The molecule has 198 valence electrons. The molecule has 0 saturated heterocycles. The van der Waals surface area contributed by atoms with Crippen LogP contribution in [0.1, 0.15) is 70.5 Å². The van der Waals surface area contributed by atoms with Crippen molar-refractivity contribution in [1.29, 1.82) is 0 Å². The van der Waals surface area contributed by atoms with Crippen molar-refractivity contribution in [2.24, 2.45) is 5.92 Å². The number of halogens is 2. The molecular weight excluding hydrogens is 539 g/mol. The fourth-order valence-electron chi connectivity index (χ4n) is 5.40. The summed E-state index contributed by atoms with van der Waals surface area (Å²) in [5.41, 5.74) is 4.06. The highest BCUT2D eigenvalue weighted by molar-refractivity contribution is 6.39. The highest BCUT2D eigenvalue weighted by Crippen LogP contribution is 2.50. The zero-order valence-electron chi connectivity index (χ0n) is 20.8. The Hall–Kier alpha value is -3.55. The maximum Gasteiger partial charge on any atom is 0.335 e. The number of aromatic carboxylic acids is 1. The van der Waals surface area contributed by atoms with Crippen molar-refractivity contribution in [3.05, 3.63) is 86.7 Å². The number of benzene rings is 2. The molecule has 9 heteroatoms.